The number of nitrogens with one attached hydrogen (secondary N) is 8. The molecule has 0 saturated carbocycles. The monoisotopic (exact) mass is 902 g/mol. The number of aromatic nitrogens is 1. The van der Waals surface area contributed by atoms with Crippen molar-refractivity contribution in [1.82, 2.24) is 47.1 Å². The Hall–Kier alpha value is -6.14. The number of rotatable bonds is 6. The molecule has 0 spiro atoms. The Bertz CT molecular complexity index is 2180. The highest BCUT2D eigenvalue weighted by Gasteiger charge is 2.45. The van der Waals surface area contributed by atoms with Gasteiger partial charge in [0.25, 0.3) is 0 Å². The first-order chi connectivity index (χ1) is 29.7. The second-order valence-corrected chi connectivity index (χ2v) is 17.6. The number of phenols is 1. The van der Waals surface area contributed by atoms with Gasteiger partial charge in [-0.1, -0.05) is 27.2 Å². The Balaban J connectivity index is 1.73. The number of aromatic hydroxyl groups is 1. The Morgan fingerprint density at radius 3 is 2.17 bits per heavy atom. The molecular formula is C39H54N10O13S. The number of nitrogens with zero attached hydrogens (tertiary/aromatic N) is 1. The van der Waals surface area contributed by atoms with Gasteiger partial charge in [0.2, 0.25) is 53.2 Å². The average molecular weight is 903 g/mol. The van der Waals surface area contributed by atoms with Crippen molar-refractivity contribution in [3.63, 3.8) is 0 Å². The van der Waals surface area contributed by atoms with E-state index in [2.05, 4.69) is 42.2 Å². The lowest BCUT2D eigenvalue weighted by molar-refractivity contribution is -0.144. The van der Waals surface area contributed by atoms with Gasteiger partial charge in [-0.15, -0.1) is 0 Å². The zero-order valence-electron chi connectivity index (χ0n) is 35.0. The van der Waals surface area contributed by atoms with Crippen LogP contribution >= 0.6 is 0 Å². The summed E-state index contributed by atoms with van der Waals surface area (Å²) in [7, 11) is -2.35. The highest BCUT2D eigenvalue weighted by molar-refractivity contribution is 7.85. The number of carbonyl (C=O) groups is 9. The van der Waals surface area contributed by atoms with Gasteiger partial charge in [-0.05, 0) is 30.5 Å². The predicted molar refractivity (Wildman–Crippen MR) is 221 cm³/mol. The summed E-state index contributed by atoms with van der Waals surface area (Å²) in [6.07, 6.45) is -3.85. The summed E-state index contributed by atoms with van der Waals surface area (Å²) in [5.41, 5.74) is 5.80. The summed E-state index contributed by atoms with van der Waals surface area (Å²) in [5, 5.41) is 49.1. The Morgan fingerprint density at radius 2 is 1.52 bits per heavy atom. The SMILES string of the molecule is CCC(C)[C@@H]1NC(=O)CNC(=O)[C@@H]2Cc3c([nH]c4cc(O)ccc34)[S@](=O)C[C@H](NC(=O)CNC1=O)C(=O)N[C@@H](CC(N)=O)C(=O)N1CC(O)C[C@H]1C(=O)N[C@@H]([C@@H](C)[C@H](C)O)C(=O)N2. The molecule has 2 aromatic rings. The number of hydrogen-bond donors (Lipinski definition) is 12. The van der Waals surface area contributed by atoms with Gasteiger partial charge in [0.1, 0.15) is 47.0 Å². The van der Waals surface area contributed by atoms with Crippen LogP contribution < -0.4 is 43.0 Å². The number of aliphatic hydroxyl groups excluding tert-OH is 2. The van der Waals surface area contributed by atoms with E-state index in [0.29, 0.717) is 11.8 Å². The smallest absolute Gasteiger partial charge is 0.246 e. The molecule has 23 nitrogen and oxygen atoms in total. The van der Waals surface area contributed by atoms with Crippen molar-refractivity contribution in [3.8, 4) is 5.75 Å². The molecule has 4 heterocycles. The molecule has 0 aliphatic carbocycles. The predicted octanol–water partition coefficient (Wildman–Crippen LogP) is -4.89. The molecule has 13 N–H and O–H groups in total. The Kier molecular flexibility index (Phi) is 15.5. The van der Waals surface area contributed by atoms with Gasteiger partial charge >= 0.3 is 0 Å². The average Bonchev–Trinajstić information content (AvgIpc) is 3.80. The van der Waals surface area contributed by atoms with Crippen LogP contribution in [0, 0.1) is 11.8 Å². The molecule has 2 bridgehead atoms. The molecule has 2 unspecified atom stereocenters. The van der Waals surface area contributed by atoms with E-state index in [1.54, 1.807) is 13.8 Å². The lowest BCUT2D eigenvalue weighted by Crippen LogP contribution is -2.62. The Labute approximate surface area is 363 Å². The van der Waals surface area contributed by atoms with Crippen molar-refractivity contribution in [1.29, 1.82) is 0 Å². The molecule has 11 atom stereocenters. The summed E-state index contributed by atoms with van der Waals surface area (Å²) in [6, 6.07) is -5.57. The fraction of sp³-hybridized carbons (Fsp3) is 0.564. The number of amides is 9. The number of nitrogens with two attached hydrogens (primary N) is 1. The standard InChI is InChI=1S/C39H54N10O13S/c1-5-16(2)31-36(59)42-12-29(54)43-26-15-63(62)38-22(21-7-6-19(51)8-23(21)46-38)10-24(33(56)41-13-30(55)47-31)44-37(60)32(17(3)18(4)50)48-35(58)27-9-20(52)14-49(27)39(61)25(11-28(40)53)45-34(26)57/h6-8,16-18,20,24-27,31-32,46,50-52H,5,9-15H2,1-4H3,(H2,40,53)(H,41,56)(H,42,59)(H,43,54)(H,44,60)(H,45,57)(H,47,55)(H,48,58)/t16?,17-,18-,20?,24-,25-,26-,27-,31-,32-,63+/m0/s1. The zero-order valence-corrected chi connectivity index (χ0v) is 35.8. The first-order valence-electron chi connectivity index (χ1n) is 20.4. The van der Waals surface area contributed by atoms with E-state index in [1.165, 1.54) is 32.0 Å². The molecule has 3 aliphatic rings. The second-order valence-electron chi connectivity index (χ2n) is 16.1. The quantitative estimate of drug-likeness (QED) is 0.130. The van der Waals surface area contributed by atoms with Crippen molar-refractivity contribution >= 4 is 74.9 Å². The minimum atomic E-state index is -2.35. The van der Waals surface area contributed by atoms with E-state index < -0.39 is 162 Å². The highest BCUT2D eigenvalue weighted by atomic mass is 32.2. The van der Waals surface area contributed by atoms with Gasteiger partial charge in [-0.3, -0.25) is 47.4 Å². The normalized spacial score (nSPS) is 28.8. The summed E-state index contributed by atoms with van der Waals surface area (Å²) in [5.74, 6) is -11.4. The fourth-order valence-corrected chi connectivity index (χ4v) is 8.99. The van der Waals surface area contributed by atoms with Crippen molar-refractivity contribution in [2.24, 2.45) is 17.6 Å². The van der Waals surface area contributed by atoms with Gasteiger partial charge in [0.05, 0.1) is 53.8 Å². The lowest BCUT2D eigenvalue weighted by Gasteiger charge is -2.32. The van der Waals surface area contributed by atoms with Gasteiger partial charge in [0, 0.05) is 36.8 Å². The third-order valence-corrected chi connectivity index (χ3v) is 12.9. The van der Waals surface area contributed by atoms with Crippen LogP contribution in [-0.4, -0.2) is 156 Å². The zero-order chi connectivity index (χ0) is 46.4. The molecule has 9 amide bonds. The summed E-state index contributed by atoms with van der Waals surface area (Å²) < 4.78 is 14.6. The molecular weight excluding hydrogens is 849 g/mol. The topological polar surface area (TPSA) is 361 Å². The molecule has 1 aromatic carbocycles. The van der Waals surface area contributed by atoms with E-state index in [9.17, 15) is 62.7 Å². The van der Waals surface area contributed by atoms with Crippen LogP contribution in [0.5, 0.6) is 5.75 Å². The number of aromatic amines is 1. The van der Waals surface area contributed by atoms with Crippen LogP contribution in [0.2, 0.25) is 0 Å². The number of phenolic OH excluding ortho intramolecular Hbond substituents is 1. The number of fused-ring (bicyclic) bond motifs is 5. The third-order valence-electron chi connectivity index (χ3n) is 11.5. The first kappa shape index (κ1) is 47.9. The Morgan fingerprint density at radius 1 is 0.857 bits per heavy atom. The largest absolute Gasteiger partial charge is 0.508 e. The van der Waals surface area contributed by atoms with Gasteiger partial charge in [0.15, 0.2) is 0 Å². The maximum absolute atomic E-state index is 14.6. The molecule has 1 fully saturated rings. The minimum Gasteiger partial charge on any atom is -0.508 e. The number of aliphatic hydroxyl groups is 2. The first-order valence-corrected chi connectivity index (χ1v) is 21.7. The van der Waals surface area contributed by atoms with E-state index in [4.69, 9.17) is 5.73 Å². The molecule has 1 saturated heterocycles. The van der Waals surface area contributed by atoms with Crippen molar-refractivity contribution in [2.45, 2.75) is 107 Å². The summed E-state index contributed by atoms with van der Waals surface area (Å²) >= 11 is 0. The van der Waals surface area contributed by atoms with Crippen LogP contribution in [0.1, 0.15) is 52.5 Å². The van der Waals surface area contributed by atoms with Crippen molar-refractivity contribution < 1.29 is 62.7 Å². The van der Waals surface area contributed by atoms with Crippen molar-refractivity contribution in [3.05, 3.63) is 23.8 Å². The number of H-pyrrole nitrogens is 1. The minimum absolute atomic E-state index is 0.117. The molecule has 1 aromatic heterocycles. The number of carbonyl (C=O) groups excluding carboxylic acids is 9. The maximum Gasteiger partial charge on any atom is 0.246 e. The summed E-state index contributed by atoms with van der Waals surface area (Å²) in [6.45, 7) is 4.23. The van der Waals surface area contributed by atoms with Gasteiger partial charge < -0.3 is 68.2 Å². The fourth-order valence-electron chi connectivity index (χ4n) is 7.59. The number of primary amides is 1. The molecule has 63 heavy (non-hydrogen) atoms. The maximum atomic E-state index is 14.6. The molecule has 24 heteroatoms. The summed E-state index contributed by atoms with van der Waals surface area (Å²) in [4.78, 5) is 127. The number of benzene rings is 1. The lowest BCUT2D eigenvalue weighted by atomic mass is 9.94. The van der Waals surface area contributed by atoms with Gasteiger partial charge in [-0.2, -0.15) is 0 Å². The van der Waals surface area contributed by atoms with Crippen LogP contribution in [0.25, 0.3) is 10.9 Å². The molecule has 5 rings (SSSR count). The molecule has 344 valence electrons. The van der Waals surface area contributed by atoms with Crippen LogP contribution in [0.15, 0.2) is 23.2 Å². The highest BCUT2D eigenvalue weighted by Crippen LogP contribution is 2.30. The van der Waals surface area contributed by atoms with E-state index >= 15 is 0 Å². The van der Waals surface area contributed by atoms with E-state index in [1.807, 2.05) is 0 Å². The van der Waals surface area contributed by atoms with Crippen LogP contribution in [0.4, 0.5) is 0 Å². The van der Waals surface area contributed by atoms with Crippen LogP contribution in [-0.2, 0) is 60.4 Å². The van der Waals surface area contributed by atoms with E-state index in [-0.39, 0.29) is 28.3 Å². The van der Waals surface area contributed by atoms with Crippen LogP contribution in [0.3, 0.4) is 0 Å². The second kappa shape index (κ2) is 20.4. The third kappa shape index (κ3) is 11.5. The number of hydrogen-bond acceptors (Lipinski definition) is 13. The molecule has 0 radical (unpaired) electrons. The molecule has 3 aliphatic heterocycles. The van der Waals surface area contributed by atoms with Crippen molar-refractivity contribution in [2.75, 3.05) is 25.4 Å². The van der Waals surface area contributed by atoms with Gasteiger partial charge in [-0.25, -0.2) is 0 Å². The van der Waals surface area contributed by atoms with E-state index in [0.717, 1.165) is 4.90 Å².